The van der Waals surface area contributed by atoms with Crippen LogP contribution in [0, 0.1) is 5.82 Å². The van der Waals surface area contributed by atoms with Gasteiger partial charge in [0.2, 0.25) is 0 Å². The van der Waals surface area contributed by atoms with E-state index in [9.17, 15) is 9.18 Å². The van der Waals surface area contributed by atoms with E-state index in [0.717, 1.165) is 0 Å². The Bertz CT molecular complexity index is 408. The molecule has 86 valence electrons. The van der Waals surface area contributed by atoms with E-state index in [-0.39, 0.29) is 11.9 Å². The predicted molar refractivity (Wildman–Crippen MR) is 54.8 cm³/mol. The lowest BCUT2D eigenvalue weighted by molar-refractivity contribution is 0.115. The van der Waals surface area contributed by atoms with E-state index < -0.39 is 6.09 Å². The summed E-state index contributed by atoms with van der Waals surface area (Å²) in [5, 5.41) is 2.57. The Morgan fingerprint density at radius 3 is 3.00 bits per heavy atom. The summed E-state index contributed by atoms with van der Waals surface area (Å²) in [6.45, 7) is 0.308. The molecule has 0 bridgehead atoms. The fourth-order valence-corrected chi connectivity index (χ4v) is 1.68. The SMILES string of the molecule is COc1ccc([C@@H]2CCOC(=O)N2)c(F)c1. The molecule has 4 nitrogen and oxygen atoms in total. The van der Waals surface area contributed by atoms with E-state index in [1.54, 1.807) is 12.1 Å². The van der Waals surface area contributed by atoms with Crippen molar-refractivity contribution in [1.29, 1.82) is 0 Å². The highest BCUT2D eigenvalue weighted by atomic mass is 19.1. The number of nitrogens with one attached hydrogen (secondary N) is 1. The second-order valence-corrected chi connectivity index (χ2v) is 3.51. The predicted octanol–water partition coefficient (Wildman–Crippen LogP) is 2.01. The summed E-state index contributed by atoms with van der Waals surface area (Å²) < 4.78 is 23.3. The van der Waals surface area contributed by atoms with Crippen molar-refractivity contribution >= 4 is 6.09 Å². The van der Waals surface area contributed by atoms with Crippen molar-refractivity contribution in [3.05, 3.63) is 29.6 Å². The van der Waals surface area contributed by atoms with Crippen LogP contribution in [0.15, 0.2) is 18.2 Å². The number of halogens is 1. The third-order valence-electron chi connectivity index (χ3n) is 2.51. The summed E-state index contributed by atoms with van der Waals surface area (Å²) in [4.78, 5) is 11.0. The molecule has 1 fully saturated rings. The largest absolute Gasteiger partial charge is 0.497 e. The van der Waals surface area contributed by atoms with E-state index in [2.05, 4.69) is 5.32 Å². The standard InChI is InChI=1S/C11H12FNO3/c1-15-7-2-3-8(9(12)6-7)10-4-5-16-11(14)13-10/h2-3,6,10H,4-5H2,1H3,(H,13,14)/t10-/m0/s1. The van der Waals surface area contributed by atoms with Crippen LogP contribution in [0.4, 0.5) is 9.18 Å². The van der Waals surface area contributed by atoms with E-state index in [0.29, 0.717) is 24.3 Å². The van der Waals surface area contributed by atoms with Gasteiger partial charge in [-0.2, -0.15) is 0 Å². The minimum atomic E-state index is -0.508. The van der Waals surface area contributed by atoms with Crippen molar-refractivity contribution in [2.24, 2.45) is 0 Å². The van der Waals surface area contributed by atoms with Crippen LogP contribution >= 0.6 is 0 Å². The van der Waals surface area contributed by atoms with Crippen molar-refractivity contribution in [2.45, 2.75) is 12.5 Å². The van der Waals surface area contributed by atoms with Gasteiger partial charge in [-0.1, -0.05) is 6.07 Å². The zero-order valence-electron chi connectivity index (χ0n) is 8.83. The molecule has 16 heavy (non-hydrogen) atoms. The van der Waals surface area contributed by atoms with Gasteiger partial charge >= 0.3 is 6.09 Å². The number of amides is 1. The summed E-state index contributed by atoms with van der Waals surface area (Å²) in [5.74, 6) is 0.0752. The van der Waals surface area contributed by atoms with Crippen molar-refractivity contribution in [3.8, 4) is 5.75 Å². The van der Waals surface area contributed by atoms with Gasteiger partial charge in [-0.3, -0.25) is 0 Å². The van der Waals surface area contributed by atoms with Gasteiger partial charge in [0.1, 0.15) is 11.6 Å². The molecule has 0 spiro atoms. The van der Waals surface area contributed by atoms with Crippen LogP contribution in [0.2, 0.25) is 0 Å². The molecule has 0 aliphatic carbocycles. The molecule has 1 atom stereocenters. The third-order valence-corrected chi connectivity index (χ3v) is 2.51. The Kier molecular flexibility index (Phi) is 2.94. The van der Waals surface area contributed by atoms with Crippen molar-refractivity contribution in [3.63, 3.8) is 0 Å². The Balaban J connectivity index is 2.22. The molecule has 1 aliphatic heterocycles. The lowest BCUT2D eigenvalue weighted by Crippen LogP contribution is -2.35. The number of rotatable bonds is 2. The zero-order chi connectivity index (χ0) is 11.5. The second kappa shape index (κ2) is 4.38. The van der Waals surface area contributed by atoms with Gasteiger partial charge in [-0.25, -0.2) is 9.18 Å². The minimum absolute atomic E-state index is 0.308. The molecule has 0 aromatic heterocycles. The summed E-state index contributed by atoms with van der Waals surface area (Å²) in [6.07, 6.45) is 0.0566. The maximum Gasteiger partial charge on any atom is 0.407 e. The van der Waals surface area contributed by atoms with Crippen LogP contribution in [0.5, 0.6) is 5.75 Å². The lowest BCUT2D eigenvalue weighted by Gasteiger charge is -2.24. The molecule has 1 aromatic rings. The Morgan fingerprint density at radius 1 is 1.56 bits per heavy atom. The van der Waals surface area contributed by atoms with E-state index in [4.69, 9.17) is 9.47 Å². The number of hydrogen-bond acceptors (Lipinski definition) is 3. The van der Waals surface area contributed by atoms with Gasteiger partial charge in [0.05, 0.1) is 19.8 Å². The highest BCUT2D eigenvalue weighted by molar-refractivity contribution is 5.68. The highest BCUT2D eigenvalue weighted by Gasteiger charge is 2.23. The molecule has 0 unspecified atom stereocenters. The van der Waals surface area contributed by atoms with E-state index in [1.165, 1.54) is 13.2 Å². The molecule has 1 aliphatic rings. The number of benzene rings is 1. The van der Waals surface area contributed by atoms with Gasteiger partial charge in [-0.05, 0) is 6.07 Å². The topological polar surface area (TPSA) is 47.6 Å². The van der Waals surface area contributed by atoms with Gasteiger partial charge < -0.3 is 14.8 Å². The molecule has 1 heterocycles. The summed E-state index contributed by atoms with van der Waals surface area (Å²) in [5.41, 5.74) is 0.456. The number of hydrogen-bond donors (Lipinski definition) is 1. The van der Waals surface area contributed by atoms with E-state index in [1.807, 2.05) is 0 Å². The van der Waals surface area contributed by atoms with Gasteiger partial charge in [0, 0.05) is 18.1 Å². The number of cyclic esters (lactones) is 1. The summed E-state index contributed by atoms with van der Waals surface area (Å²) in [6, 6.07) is 4.26. The average Bonchev–Trinajstić information content (AvgIpc) is 2.28. The Labute approximate surface area is 92.4 Å². The fraction of sp³-hybridized carbons (Fsp3) is 0.364. The molecule has 0 saturated carbocycles. The lowest BCUT2D eigenvalue weighted by atomic mass is 10.0. The third kappa shape index (κ3) is 2.08. The molecular formula is C11H12FNO3. The first kappa shape index (κ1) is 10.7. The molecule has 1 aromatic carbocycles. The first-order valence-corrected chi connectivity index (χ1v) is 4.97. The molecule has 1 saturated heterocycles. The van der Waals surface area contributed by atoms with Crippen molar-refractivity contribution in [2.75, 3.05) is 13.7 Å². The quantitative estimate of drug-likeness (QED) is 0.837. The number of ether oxygens (including phenoxy) is 2. The van der Waals surface area contributed by atoms with Crippen LogP contribution < -0.4 is 10.1 Å². The van der Waals surface area contributed by atoms with Crippen LogP contribution in [0.3, 0.4) is 0 Å². The first-order valence-electron chi connectivity index (χ1n) is 4.97. The maximum absolute atomic E-state index is 13.7. The molecule has 2 rings (SSSR count). The van der Waals surface area contributed by atoms with Gasteiger partial charge in [0.25, 0.3) is 0 Å². The minimum Gasteiger partial charge on any atom is -0.497 e. The summed E-state index contributed by atoms with van der Waals surface area (Å²) in [7, 11) is 1.48. The van der Waals surface area contributed by atoms with Crippen LogP contribution in [-0.4, -0.2) is 19.8 Å². The molecule has 1 N–H and O–H groups in total. The van der Waals surface area contributed by atoms with Crippen molar-refractivity contribution in [1.82, 2.24) is 5.32 Å². The zero-order valence-corrected chi connectivity index (χ0v) is 8.83. The molecule has 5 heteroatoms. The fourth-order valence-electron chi connectivity index (χ4n) is 1.68. The number of carbonyl (C=O) groups excluding carboxylic acids is 1. The second-order valence-electron chi connectivity index (χ2n) is 3.51. The number of carbonyl (C=O) groups is 1. The van der Waals surface area contributed by atoms with Crippen LogP contribution in [0.25, 0.3) is 0 Å². The Hall–Kier alpha value is -1.78. The first-order chi connectivity index (χ1) is 7.70. The molecular weight excluding hydrogens is 213 g/mol. The smallest absolute Gasteiger partial charge is 0.407 e. The number of methoxy groups -OCH3 is 1. The Morgan fingerprint density at radius 2 is 2.38 bits per heavy atom. The number of alkyl carbamates (subject to hydrolysis) is 1. The molecule has 1 amide bonds. The highest BCUT2D eigenvalue weighted by Crippen LogP contribution is 2.25. The van der Waals surface area contributed by atoms with E-state index >= 15 is 0 Å². The maximum atomic E-state index is 13.7. The van der Waals surface area contributed by atoms with Crippen molar-refractivity contribution < 1.29 is 18.7 Å². The monoisotopic (exact) mass is 225 g/mol. The van der Waals surface area contributed by atoms with Crippen LogP contribution in [0.1, 0.15) is 18.0 Å². The van der Waals surface area contributed by atoms with Gasteiger partial charge in [-0.15, -0.1) is 0 Å². The molecule has 0 radical (unpaired) electrons. The summed E-state index contributed by atoms with van der Waals surface area (Å²) >= 11 is 0. The average molecular weight is 225 g/mol. The van der Waals surface area contributed by atoms with Gasteiger partial charge in [0.15, 0.2) is 0 Å². The normalized spacial score (nSPS) is 19.9. The van der Waals surface area contributed by atoms with Crippen LogP contribution in [-0.2, 0) is 4.74 Å².